The third-order valence-electron chi connectivity index (χ3n) is 2.86. The van der Waals surface area contributed by atoms with Gasteiger partial charge >= 0.3 is 5.97 Å². The first-order valence-electron chi connectivity index (χ1n) is 7.66. The zero-order valence-electron chi connectivity index (χ0n) is 14.8. The summed E-state index contributed by atoms with van der Waals surface area (Å²) in [6, 6.07) is 7.15. The van der Waals surface area contributed by atoms with E-state index in [0.29, 0.717) is 5.02 Å². The summed E-state index contributed by atoms with van der Waals surface area (Å²) in [6.07, 6.45) is 0. The number of halogens is 1. The second kappa shape index (κ2) is 9.68. The van der Waals surface area contributed by atoms with Crippen LogP contribution < -0.4 is 5.32 Å². The molecule has 1 N–H and O–H groups in total. The smallest absolute Gasteiger partial charge is 0.316 e. The van der Waals surface area contributed by atoms with E-state index in [1.165, 1.54) is 23.7 Å². The molecule has 2 amide bonds. The highest BCUT2D eigenvalue weighted by atomic mass is 35.5. The summed E-state index contributed by atoms with van der Waals surface area (Å²) in [5.74, 6) is -1.19. The number of hydrogen-bond acceptors (Lipinski definition) is 5. The molecule has 0 radical (unpaired) electrons. The van der Waals surface area contributed by atoms with Crippen LogP contribution in [0.2, 0.25) is 5.02 Å². The molecule has 25 heavy (non-hydrogen) atoms. The van der Waals surface area contributed by atoms with E-state index in [1.807, 2.05) is 26.8 Å². The molecule has 0 aliphatic rings. The number of benzene rings is 1. The molecule has 0 spiro atoms. The lowest BCUT2D eigenvalue weighted by molar-refractivity contribution is -0.149. The van der Waals surface area contributed by atoms with Gasteiger partial charge in [0.1, 0.15) is 0 Å². The Bertz CT molecular complexity index is 631. The molecule has 6 nitrogen and oxygen atoms in total. The number of ether oxygens (including phenoxy) is 1. The van der Waals surface area contributed by atoms with Gasteiger partial charge in [0, 0.05) is 17.5 Å². The van der Waals surface area contributed by atoms with Crippen molar-refractivity contribution in [3.8, 4) is 0 Å². The molecular weight excluding hydrogens is 364 g/mol. The Morgan fingerprint density at radius 2 is 1.88 bits per heavy atom. The lowest BCUT2D eigenvalue weighted by Crippen LogP contribution is -2.46. The summed E-state index contributed by atoms with van der Waals surface area (Å²) in [7, 11) is 1.48. The summed E-state index contributed by atoms with van der Waals surface area (Å²) in [6.45, 7) is 5.06. The minimum absolute atomic E-state index is 0.0469. The third-order valence-corrected chi connectivity index (χ3v) is 4.35. The monoisotopic (exact) mass is 386 g/mol. The standard InChI is InChI=1S/C17H23ClN2O4S/c1-17(2,3)19-14(21)9-20(4)15(22)10-24-16(23)11-25-13-8-6-5-7-12(13)18/h5-8H,9-11H2,1-4H3,(H,19,21). The fourth-order valence-electron chi connectivity index (χ4n) is 1.75. The van der Waals surface area contributed by atoms with Gasteiger partial charge in [-0.15, -0.1) is 11.8 Å². The van der Waals surface area contributed by atoms with Gasteiger partial charge in [-0.05, 0) is 32.9 Å². The minimum atomic E-state index is -0.522. The molecule has 0 atom stereocenters. The molecule has 138 valence electrons. The van der Waals surface area contributed by atoms with Crippen molar-refractivity contribution in [3.63, 3.8) is 0 Å². The average molecular weight is 387 g/mol. The first kappa shape index (κ1) is 21.3. The minimum Gasteiger partial charge on any atom is -0.455 e. The van der Waals surface area contributed by atoms with Crippen molar-refractivity contribution in [1.29, 1.82) is 0 Å². The first-order valence-corrected chi connectivity index (χ1v) is 9.03. The molecular formula is C17H23ClN2O4S. The van der Waals surface area contributed by atoms with Gasteiger partial charge in [-0.3, -0.25) is 14.4 Å². The molecule has 1 aromatic carbocycles. The Balaban J connectivity index is 2.34. The number of esters is 1. The number of carbonyl (C=O) groups excluding carboxylic acids is 3. The van der Waals surface area contributed by atoms with E-state index in [-0.39, 0.29) is 23.7 Å². The largest absolute Gasteiger partial charge is 0.455 e. The lowest BCUT2D eigenvalue weighted by Gasteiger charge is -2.23. The average Bonchev–Trinajstić information content (AvgIpc) is 2.49. The molecule has 0 saturated heterocycles. The van der Waals surface area contributed by atoms with E-state index in [2.05, 4.69) is 5.32 Å². The molecule has 1 rings (SSSR count). The summed E-state index contributed by atoms with van der Waals surface area (Å²) in [5, 5.41) is 3.31. The lowest BCUT2D eigenvalue weighted by atomic mass is 10.1. The van der Waals surface area contributed by atoms with Gasteiger partial charge < -0.3 is 15.0 Å². The maximum Gasteiger partial charge on any atom is 0.316 e. The van der Waals surface area contributed by atoms with Crippen LogP contribution >= 0.6 is 23.4 Å². The van der Waals surface area contributed by atoms with Crippen LogP contribution in [0.25, 0.3) is 0 Å². The van der Waals surface area contributed by atoms with Crippen molar-refractivity contribution in [1.82, 2.24) is 10.2 Å². The number of amides is 2. The topological polar surface area (TPSA) is 75.7 Å². The fourth-order valence-corrected chi connectivity index (χ4v) is 2.79. The van der Waals surface area contributed by atoms with Crippen molar-refractivity contribution >= 4 is 41.1 Å². The molecule has 0 bridgehead atoms. The number of rotatable bonds is 7. The number of likely N-dealkylation sites (N-methyl/N-ethyl adjacent to an activating group) is 1. The van der Waals surface area contributed by atoms with E-state index >= 15 is 0 Å². The second-order valence-electron chi connectivity index (χ2n) is 6.43. The molecule has 0 saturated carbocycles. The first-order chi connectivity index (χ1) is 11.6. The predicted molar refractivity (Wildman–Crippen MR) is 98.7 cm³/mol. The summed E-state index contributed by atoms with van der Waals surface area (Å²) < 4.78 is 4.94. The van der Waals surface area contributed by atoms with E-state index in [9.17, 15) is 14.4 Å². The van der Waals surface area contributed by atoms with Crippen LogP contribution in [0, 0.1) is 0 Å². The molecule has 1 aromatic rings. The Kier molecular flexibility index (Phi) is 8.25. The van der Waals surface area contributed by atoms with Gasteiger partial charge in [-0.2, -0.15) is 0 Å². The summed E-state index contributed by atoms with van der Waals surface area (Å²) in [5.41, 5.74) is -0.372. The van der Waals surface area contributed by atoms with Crippen LogP contribution in [0.1, 0.15) is 20.8 Å². The Labute approximate surface area is 157 Å². The Hall–Kier alpha value is -1.73. The zero-order chi connectivity index (χ0) is 19.0. The number of thioether (sulfide) groups is 1. The highest BCUT2D eigenvalue weighted by Gasteiger charge is 2.18. The quantitative estimate of drug-likeness (QED) is 0.575. The van der Waals surface area contributed by atoms with E-state index in [4.69, 9.17) is 16.3 Å². The number of nitrogens with one attached hydrogen (secondary N) is 1. The van der Waals surface area contributed by atoms with Crippen LogP contribution in [-0.4, -0.2) is 54.2 Å². The highest BCUT2D eigenvalue weighted by molar-refractivity contribution is 8.00. The summed E-state index contributed by atoms with van der Waals surface area (Å²) in [4.78, 5) is 37.4. The SMILES string of the molecule is CN(CC(=O)NC(C)(C)C)C(=O)COC(=O)CSc1ccccc1Cl. The van der Waals surface area contributed by atoms with Gasteiger partial charge in [0.2, 0.25) is 5.91 Å². The maximum absolute atomic E-state index is 11.9. The van der Waals surface area contributed by atoms with Gasteiger partial charge in [0.05, 0.1) is 17.3 Å². The van der Waals surface area contributed by atoms with Gasteiger partial charge in [-0.25, -0.2) is 0 Å². The zero-order valence-corrected chi connectivity index (χ0v) is 16.4. The van der Waals surface area contributed by atoms with Crippen LogP contribution in [0.3, 0.4) is 0 Å². The van der Waals surface area contributed by atoms with Gasteiger partial charge in [0.15, 0.2) is 6.61 Å². The second-order valence-corrected chi connectivity index (χ2v) is 7.85. The Morgan fingerprint density at radius 1 is 1.24 bits per heavy atom. The molecule has 0 fully saturated rings. The number of hydrogen-bond donors (Lipinski definition) is 1. The molecule has 0 aliphatic heterocycles. The van der Waals surface area contributed by atoms with Crippen molar-refractivity contribution in [2.45, 2.75) is 31.2 Å². The van der Waals surface area contributed by atoms with Gasteiger partial charge in [0.25, 0.3) is 5.91 Å². The Morgan fingerprint density at radius 3 is 2.48 bits per heavy atom. The van der Waals surface area contributed by atoms with E-state index < -0.39 is 18.5 Å². The van der Waals surface area contributed by atoms with Crippen LogP contribution in [-0.2, 0) is 19.1 Å². The van der Waals surface area contributed by atoms with E-state index in [1.54, 1.807) is 18.2 Å². The molecule has 8 heteroatoms. The molecule has 0 unspecified atom stereocenters. The van der Waals surface area contributed by atoms with Crippen LogP contribution in [0.5, 0.6) is 0 Å². The van der Waals surface area contributed by atoms with Crippen molar-refractivity contribution in [2.75, 3.05) is 26.0 Å². The third kappa shape index (κ3) is 8.79. The molecule has 0 aliphatic carbocycles. The van der Waals surface area contributed by atoms with Crippen LogP contribution in [0.15, 0.2) is 29.2 Å². The molecule has 0 aromatic heterocycles. The summed E-state index contributed by atoms with van der Waals surface area (Å²) >= 11 is 7.24. The normalized spacial score (nSPS) is 10.9. The van der Waals surface area contributed by atoms with Gasteiger partial charge in [-0.1, -0.05) is 23.7 Å². The molecule has 0 heterocycles. The maximum atomic E-state index is 11.9. The van der Waals surface area contributed by atoms with Crippen molar-refractivity contribution in [3.05, 3.63) is 29.3 Å². The van der Waals surface area contributed by atoms with Crippen LogP contribution in [0.4, 0.5) is 0 Å². The van der Waals surface area contributed by atoms with Crippen molar-refractivity contribution in [2.24, 2.45) is 0 Å². The van der Waals surface area contributed by atoms with E-state index in [0.717, 1.165) is 4.90 Å². The number of carbonyl (C=O) groups is 3. The number of nitrogens with zero attached hydrogens (tertiary/aromatic N) is 1. The fraction of sp³-hybridized carbons (Fsp3) is 0.471. The predicted octanol–water partition coefficient (Wildman–Crippen LogP) is 2.35. The highest BCUT2D eigenvalue weighted by Crippen LogP contribution is 2.26. The van der Waals surface area contributed by atoms with Crippen molar-refractivity contribution < 1.29 is 19.1 Å².